The smallest absolute Gasteiger partial charge is 0.142 e. The van der Waals surface area contributed by atoms with Crippen molar-refractivity contribution < 1.29 is 4.74 Å². The number of hydrogen-bond acceptors (Lipinski definition) is 4. The maximum Gasteiger partial charge on any atom is 0.142 e. The van der Waals surface area contributed by atoms with E-state index < -0.39 is 0 Å². The van der Waals surface area contributed by atoms with E-state index in [-0.39, 0.29) is 5.41 Å². The predicted octanol–water partition coefficient (Wildman–Crippen LogP) is 4.36. The quantitative estimate of drug-likeness (QED) is 0.844. The van der Waals surface area contributed by atoms with Gasteiger partial charge in [0.25, 0.3) is 0 Å². The van der Waals surface area contributed by atoms with Crippen LogP contribution >= 0.6 is 27.3 Å². The molecule has 2 aromatic rings. The SMILES string of the molecule is CC(C)(C)c1csc(COc2ccc(Br)cc2N)n1. The van der Waals surface area contributed by atoms with Crippen LogP contribution in [0.3, 0.4) is 0 Å². The minimum absolute atomic E-state index is 0.0748. The van der Waals surface area contributed by atoms with Crippen LogP contribution in [-0.2, 0) is 12.0 Å². The summed E-state index contributed by atoms with van der Waals surface area (Å²) in [6, 6.07) is 5.60. The van der Waals surface area contributed by atoms with Gasteiger partial charge in [-0.1, -0.05) is 36.7 Å². The minimum atomic E-state index is 0.0748. The first-order valence-corrected chi connectivity index (χ1v) is 7.66. The molecule has 0 fully saturated rings. The number of thiazole rings is 1. The van der Waals surface area contributed by atoms with Gasteiger partial charge in [0.05, 0.1) is 11.4 Å². The van der Waals surface area contributed by atoms with E-state index in [1.807, 2.05) is 18.2 Å². The second-order valence-electron chi connectivity index (χ2n) is 5.35. The molecule has 19 heavy (non-hydrogen) atoms. The van der Waals surface area contributed by atoms with Crippen LogP contribution in [0.15, 0.2) is 28.1 Å². The Morgan fingerprint density at radius 3 is 2.68 bits per heavy atom. The van der Waals surface area contributed by atoms with Crippen LogP contribution in [0.1, 0.15) is 31.5 Å². The molecular formula is C14H17BrN2OS. The van der Waals surface area contributed by atoms with Crippen molar-refractivity contribution in [1.29, 1.82) is 0 Å². The largest absolute Gasteiger partial charge is 0.484 e. The monoisotopic (exact) mass is 340 g/mol. The van der Waals surface area contributed by atoms with Gasteiger partial charge in [-0.3, -0.25) is 0 Å². The van der Waals surface area contributed by atoms with Gasteiger partial charge in [-0.2, -0.15) is 0 Å². The molecule has 0 saturated carbocycles. The summed E-state index contributed by atoms with van der Waals surface area (Å²) in [5.41, 5.74) is 7.69. The number of hydrogen-bond donors (Lipinski definition) is 1. The van der Waals surface area contributed by atoms with Crippen LogP contribution in [-0.4, -0.2) is 4.98 Å². The molecule has 1 aromatic heterocycles. The van der Waals surface area contributed by atoms with E-state index in [1.54, 1.807) is 11.3 Å². The highest BCUT2D eigenvalue weighted by atomic mass is 79.9. The highest BCUT2D eigenvalue weighted by Crippen LogP contribution is 2.28. The fourth-order valence-electron chi connectivity index (χ4n) is 1.51. The first-order valence-electron chi connectivity index (χ1n) is 5.99. The normalized spacial score (nSPS) is 11.6. The average Bonchev–Trinajstić information content (AvgIpc) is 2.76. The third-order valence-electron chi connectivity index (χ3n) is 2.64. The molecule has 0 radical (unpaired) electrons. The summed E-state index contributed by atoms with van der Waals surface area (Å²) in [4.78, 5) is 4.59. The Bertz CT molecular complexity index is 575. The zero-order chi connectivity index (χ0) is 14.0. The molecule has 0 amide bonds. The molecule has 2 N–H and O–H groups in total. The number of anilines is 1. The van der Waals surface area contributed by atoms with Crippen LogP contribution in [0.4, 0.5) is 5.69 Å². The summed E-state index contributed by atoms with van der Waals surface area (Å²) in [6.45, 7) is 6.91. The highest BCUT2D eigenvalue weighted by molar-refractivity contribution is 9.10. The van der Waals surface area contributed by atoms with Crippen molar-refractivity contribution in [2.75, 3.05) is 5.73 Å². The number of rotatable bonds is 3. The third kappa shape index (κ3) is 3.70. The fourth-order valence-corrected chi connectivity index (χ4v) is 2.82. The lowest BCUT2D eigenvalue weighted by atomic mass is 9.93. The van der Waals surface area contributed by atoms with Gasteiger partial charge in [-0.05, 0) is 18.2 Å². The molecule has 0 atom stereocenters. The summed E-state index contributed by atoms with van der Waals surface area (Å²) < 4.78 is 6.65. The van der Waals surface area contributed by atoms with E-state index in [1.165, 1.54) is 0 Å². The van der Waals surface area contributed by atoms with Gasteiger partial charge in [0.1, 0.15) is 17.4 Å². The van der Waals surface area contributed by atoms with E-state index in [4.69, 9.17) is 10.5 Å². The molecule has 2 rings (SSSR count). The lowest BCUT2D eigenvalue weighted by Gasteiger charge is -2.14. The fraction of sp³-hybridized carbons (Fsp3) is 0.357. The first-order chi connectivity index (χ1) is 8.86. The van der Waals surface area contributed by atoms with Gasteiger partial charge in [0.2, 0.25) is 0 Å². The van der Waals surface area contributed by atoms with Crippen LogP contribution < -0.4 is 10.5 Å². The Morgan fingerprint density at radius 1 is 1.37 bits per heavy atom. The van der Waals surface area contributed by atoms with E-state index in [9.17, 15) is 0 Å². The Balaban J connectivity index is 2.04. The van der Waals surface area contributed by atoms with Crippen molar-refractivity contribution in [2.45, 2.75) is 32.8 Å². The second-order valence-corrected chi connectivity index (χ2v) is 7.21. The molecule has 0 unspecified atom stereocenters. The number of nitrogens with two attached hydrogens (primary N) is 1. The van der Waals surface area contributed by atoms with Crippen molar-refractivity contribution >= 4 is 33.0 Å². The molecule has 1 heterocycles. The van der Waals surface area contributed by atoms with E-state index in [2.05, 4.69) is 47.1 Å². The molecule has 0 spiro atoms. The van der Waals surface area contributed by atoms with Crippen LogP contribution in [0.2, 0.25) is 0 Å². The van der Waals surface area contributed by atoms with Crippen molar-refractivity contribution in [1.82, 2.24) is 4.98 Å². The van der Waals surface area contributed by atoms with E-state index in [0.717, 1.165) is 15.2 Å². The molecule has 102 valence electrons. The number of nitrogen functional groups attached to an aromatic ring is 1. The Kier molecular flexibility index (Phi) is 4.16. The number of aromatic nitrogens is 1. The summed E-state index contributed by atoms with van der Waals surface area (Å²) >= 11 is 4.99. The molecular weight excluding hydrogens is 324 g/mol. The van der Waals surface area contributed by atoms with Crippen molar-refractivity contribution in [2.24, 2.45) is 0 Å². The second kappa shape index (κ2) is 5.51. The van der Waals surface area contributed by atoms with Gasteiger partial charge in [-0.15, -0.1) is 11.3 Å². The number of ether oxygens (including phenoxy) is 1. The molecule has 5 heteroatoms. The van der Waals surface area contributed by atoms with Crippen molar-refractivity contribution in [3.05, 3.63) is 38.8 Å². The molecule has 3 nitrogen and oxygen atoms in total. The summed E-state index contributed by atoms with van der Waals surface area (Å²) in [5, 5.41) is 3.05. The zero-order valence-electron chi connectivity index (χ0n) is 11.2. The van der Waals surface area contributed by atoms with Crippen LogP contribution in [0.25, 0.3) is 0 Å². The van der Waals surface area contributed by atoms with Gasteiger partial charge < -0.3 is 10.5 Å². The van der Waals surface area contributed by atoms with E-state index in [0.29, 0.717) is 18.0 Å². The molecule has 0 aliphatic rings. The maximum absolute atomic E-state index is 5.89. The number of halogens is 1. The molecule has 0 aliphatic carbocycles. The van der Waals surface area contributed by atoms with Crippen LogP contribution in [0, 0.1) is 0 Å². The Labute approximate surface area is 125 Å². The molecule has 0 bridgehead atoms. The zero-order valence-corrected chi connectivity index (χ0v) is 13.6. The van der Waals surface area contributed by atoms with Gasteiger partial charge >= 0.3 is 0 Å². The van der Waals surface area contributed by atoms with E-state index >= 15 is 0 Å². The summed E-state index contributed by atoms with van der Waals surface area (Å²) in [6.07, 6.45) is 0. The molecule has 0 saturated heterocycles. The summed E-state index contributed by atoms with van der Waals surface area (Å²) in [7, 11) is 0. The topological polar surface area (TPSA) is 48.1 Å². The van der Waals surface area contributed by atoms with Gasteiger partial charge in [0, 0.05) is 15.3 Å². The maximum atomic E-state index is 5.89. The van der Waals surface area contributed by atoms with Gasteiger partial charge in [0.15, 0.2) is 0 Å². The highest BCUT2D eigenvalue weighted by Gasteiger charge is 2.17. The van der Waals surface area contributed by atoms with Crippen LogP contribution in [0.5, 0.6) is 5.75 Å². The number of nitrogens with zero attached hydrogens (tertiary/aromatic N) is 1. The molecule has 1 aromatic carbocycles. The first kappa shape index (κ1) is 14.3. The Morgan fingerprint density at radius 2 is 2.11 bits per heavy atom. The lowest BCUT2D eigenvalue weighted by Crippen LogP contribution is -2.11. The lowest BCUT2D eigenvalue weighted by molar-refractivity contribution is 0.306. The third-order valence-corrected chi connectivity index (χ3v) is 3.96. The van der Waals surface area contributed by atoms with Gasteiger partial charge in [-0.25, -0.2) is 4.98 Å². The predicted molar refractivity (Wildman–Crippen MR) is 83.7 cm³/mol. The Hall–Kier alpha value is -1.07. The summed E-state index contributed by atoms with van der Waals surface area (Å²) in [5.74, 6) is 0.690. The van der Waals surface area contributed by atoms with Crippen molar-refractivity contribution in [3.63, 3.8) is 0 Å². The minimum Gasteiger partial charge on any atom is -0.484 e. The average molecular weight is 341 g/mol. The standard InChI is InChI=1S/C14H17BrN2OS/c1-14(2,3)12-8-19-13(17-12)7-18-11-5-4-9(15)6-10(11)16/h4-6,8H,7,16H2,1-3H3. The van der Waals surface area contributed by atoms with Crippen molar-refractivity contribution in [3.8, 4) is 5.75 Å². The molecule has 0 aliphatic heterocycles. The number of benzene rings is 1.